The van der Waals surface area contributed by atoms with Crippen molar-refractivity contribution in [3.05, 3.63) is 47.8 Å². The number of hydrogen-bond acceptors (Lipinski definition) is 7. The molecule has 0 bridgehead atoms. The van der Waals surface area contributed by atoms with Gasteiger partial charge in [0.15, 0.2) is 28.3 Å². The van der Waals surface area contributed by atoms with Crippen LogP contribution in [0.15, 0.2) is 41.6 Å². The molecule has 0 saturated heterocycles. The lowest BCUT2D eigenvalue weighted by Gasteiger charge is -2.12. The van der Waals surface area contributed by atoms with E-state index < -0.39 is 5.82 Å². The molecule has 3 rings (SSSR count). The van der Waals surface area contributed by atoms with E-state index >= 15 is 0 Å². The van der Waals surface area contributed by atoms with E-state index in [4.69, 9.17) is 9.47 Å². The molecule has 0 radical (unpaired) electrons. The van der Waals surface area contributed by atoms with Crippen molar-refractivity contribution in [1.82, 2.24) is 14.8 Å². The van der Waals surface area contributed by atoms with Crippen LogP contribution in [-0.4, -0.2) is 45.6 Å². The van der Waals surface area contributed by atoms with E-state index in [1.807, 2.05) is 0 Å². The molecule has 0 spiro atoms. The minimum Gasteiger partial charge on any atom is -0.502 e. The summed E-state index contributed by atoms with van der Waals surface area (Å²) in [5, 5.41) is 18.7. The lowest BCUT2D eigenvalue weighted by molar-refractivity contribution is 0.101. The first-order valence-electron chi connectivity index (χ1n) is 8.22. The average Bonchev–Trinajstić information content (AvgIpc) is 3.06. The number of aromatic hydroxyl groups is 1. The molecule has 2 aromatic carbocycles. The molecule has 28 heavy (non-hydrogen) atoms. The Morgan fingerprint density at radius 2 is 1.93 bits per heavy atom. The largest absolute Gasteiger partial charge is 0.502 e. The Bertz CT molecular complexity index is 1020. The van der Waals surface area contributed by atoms with Crippen LogP contribution in [0.2, 0.25) is 0 Å². The number of carbonyl (C=O) groups excluding carboxylic acids is 1. The van der Waals surface area contributed by atoms with Crippen LogP contribution in [0, 0.1) is 5.82 Å². The third kappa shape index (κ3) is 3.65. The van der Waals surface area contributed by atoms with Crippen LogP contribution in [-0.2, 0) is 7.05 Å². The maximum absolute atomic E-state index is 14.0. The predicted octanol–water partition coefficient (Wildman–Crippen LogP) is 3.32. The van der Waals surface area contributed by atoms with Crippen LogP contribution in [0.5, 0.6) is 17.2 Å². The Hall–Kier alpha value is -3.07. The third-order valence-electron chi connectivity index (χ3n) is 4.10. The van der Waals surface area contributed by atoms with Crippen LogP contribution >= 0.6 is 11.8 Å². The van der Waals surface area contributed by atoms with E-state index in [-0.39, 0.29) is 34.3 Å². The molecule has 1 aromatic heterocycles. The standard InChI is InChI=1S/C19H18FN3O4S/c1-23-18(11-6-4-5-7-13(11)20)21-22-19(23)28-10-14(24)12-8-9-15(26-2)16(25)17(12)27-3/h4-9,25H,10H2,1-3H3. The van der Waals surface area contributed by atoms with Gasteiger partial charge in [0.2, 0.25) is 5.75 Å². The molecule has 0 fully saturated rings. The summed E-state index contributed by atoms with van der Waals surface area (Å²) in [6, 6.07) is 9.30. The van der Waals surface area contributed by atoms with Gasteiger partial charge in [-0.25, -0.2) is 4.39 Å². The highest BCUT2D eigenvalue weighted by atomic mass is 32.2. The quantitative estimate of drug-likeness (QED) is 0.478. The smallest absolute Gasteiger partial charge is 0.201 e. The number of ketones is 1. The van der Waals surface area contributed by atoms with Gasteiger partial charge in [-0.2, -0.15) is 0 Å². The average molecular weight is 403 g/mol. The minimum absolute atomic E-state index is 0.0331. The van der Waals surface area contributed by atoms with E-state index in [2.05, 4.69) is 10.2 Å². The number of aromatic nitrogens is 3. The van der Waals surface area contributed by atoms with Crippen LogP contribution in [0.4, 0.5) is 4.39 Å². The highest BCUT2D eigenvalue weighted by Crippen LogP contribution is 2.39. The fourth-order valence-electron chi connectivity index (χ4n) is 2.67. The summed E-state index contributed by atoms with van der Waals surface area (Å²) in [6.07, 6.45) is 0. The maximum Gasteiger partial charge on any atom is 0.201 e. The van der Waals surface area contributed by atoms with Crippen molar-refractivity contribution < 1.29 is 23.8 Å². The number of thioether (sulfide) groups is 1. The van der Waals surface area contributed by atoms with E-state index in [9.17, 15) is 14.3 Å². The van der Waals surface area contributed by atoms with Gasteiger partial charge in [0, 0.05) is 7.05 Å². The number of phenolic OH excluding ortho intramolecular Hbond substituents is 1. The number of nitrogens with zero attached hydrogens (tertiary/aromatic N) is 3. The molecule has 7 nitrogen and oxygen atoms in total. The third-order valence-corrected chi connectivity index (χ3v) is 5.12. The van der Waals surface area contributed by atoms with Gasteiger partial charge in [-0.3, -0.25) is 4.79 Å². The summed E-state index contributed by atoms with van der Waals surface area (Å²) in [7, 11) is 4.48. The number of ether oxygens (including phenoxy) is 2. The number of halogens is 1. The number of benzene rings is 2. The summed E-state index contributed by atoms with van der Waals surface area (Å²) >= 11 is 1.16. The zero-order valence-corrected chi connectivity index (χ0v) is 16.3. The van der Waals surface area contributed by atoms with Crippen molar-refractivity contribution in [2.75, 3.05) is 20.0 Å². The summed E-state index contributed by atoms with van der Waals surface area (Å²) < 4.78 is 25.8. The first-order chi connectivity index (χ1) is 13.5. The van der Waals surface area contributed by atoms with E-state index in [1.165, 1.54) is 32.4 Å². The first-order valence-corrected chi connectivity index (χ1v) is 9.20. The van der Waals surface area contributed by atoms with Gasteiger partial charge in [-0.15, -0.1) is 10.2 Å². The van der Waals surface area contributed by atoms with Crippen molar-refractivity contribution in [1.29, 1.82) is 0 Å². The molecule has 1 heterocycles. The zero-order valence-electron chi connectivity index (χ0n) is 15.5. The Morgan fingerprint density at radius 3 is 2.61 bits per heavy atom. The molecule has 3 aromatic rings. The maximum atomic E-state index is 14.0. The number of methoxy groups -OCH3 is 2. The number of hydrogen-bond donors (Lipinski definition) is 1. The second-order valence-corrected chi connectivity index (χ2v) is 6.70. The predicted molar refractivity (Wildman–Crippen MR) is 103 cm³/mol. The second kappa shape index (κ2) is 8.30. The Kier molecular flexibility index (Phi) is 5.84. The number of rotatable bonds is 7. The van der Waals surface area contributed by atoms with E-state index in [1.54, 1.807) is 29.8 Å². The van der Waals surface area contributed by atoms with Crippen LogP contribution in [0.1, 0.15) is 10.4 Å². The molecule has 146 valence electrons. The minimum atomic E-state index is -0.399. The molecule has 0 aliphatic rings. The highest BCUT2D eigenvalue weighted by molar-refractivity contribution is 7.99. The summed E-state index contributed by atoms with van der Waals surface area (Å²) in [5.41, 5.74) is 0.558. The van der Waals surface area contributed by atoms with Crippen LogP contribution in [0.25, 0.3) is 11.4 Å². The molecule has 0 saturated carbocycles. The van der Waals surface area contributed by atoms with E-state index in [0.29, 0.717) is 16.5 Å². The van der Waals surface area contributed by atoms with Crippen molar-refractivity contribution >= 4 is 17.5 Å². The summed E-state index contributed by atoms with van der Waals surface area (Å²) in [6.45, 7) is 0. The van der Waals surface area contributed by atoms with Crippen molar-refractivity contribution in [3.8, 4) is 28.6 Å². The second-order valence-electron chi connectivity index (χ2n) is 5.75. The van der Waals surface area contributed by atoms with Crippen molar-refractivity contribution in [2.45, 2.75) is 5.16 Å². The molecular formula is C19H18FN3O4S. The van der Waals surface area contributed by atoms with Gasteiger partial charge in [0.25, 0.3) is 0 Å². The van der Waals surface area contributed by atoms with Crippen LogP contribution in [0.3, 0.4) is 0 Å². The van der Waals surface area contributed by atoms with Gasteiger partial charge in [-0.1, -0.05) is 23.9 Å². The van der Waals surface area contributed by atoms with Crippen molar-refractivity contribution in [2.24, 2.45) is 7.05 Å². The molecule has 0 atom stereocenters. The molecule has 0 unspecified atom stereocenters. The number of phenols is 1. The van der Waals surface area contributed by atoms with Crippen LogP contribution < -0.4 is 9.47 Å². The lowest BCUT2D eigenvalue weighted by atomic mass is 10.1. The van der Waals surface area contributed by atoms with Gasteiger partial charge < -0.3 is 19.1 Å². The highest BCUT2D eigenvalue weighted by Gasteiger charge is 2.21. The summed E-state index contributed by atoms with van der Waals surface area (Å²) in [4.78, 5) is 12.6. The number of carbonyl (C=O) groups is 1. The topological polar surface area (TPSA) is 86.5 Å². The molecule has 9 heteroatoms. The van der Waals surface area contributed by atoms with Gasteiger partial charge in [0.1, 0.15) is 5.82 Å². The Morgan fingerprint density at radius 1 is 1.18 bits per heavy atom. The van der Waals surface area contributed by atoms with Gasteiger partial charge in [-0.05, 0) is 24.3 Å². The zero-order chi connectivity index (χ0) is 20.3. The fourth-order valence-corrected chi connectivity index (χ4v) is 3.46. The Balaban J connectivity index is 1.80. The first kappa shape index (κ1) is 19.7. The monoisotopic (exact) mass is 403 g/mol. The van der Waals surface area contributed by atoms with Gasteiger partial charge >= 0.3 is 0 Å². The SMILES string of the molecule is COc1ccc(C(=O)CSc2nnc(-c3ccccc3F)n2C)c(OC)c1O. The molecule has 0 amide bonds. The number of Topliss-reactive ketones (excluding diaryl/α,β-unsaturated/α-hetero) is 1. The summed E-state index contributed by atoms with van der Waals surface area (Å²) in [5.74, 6) is -0.238. The Labute approximate surface area is 165 Å². The molecule has 0 aliphatic carbocycles. The fraction of sp³-hybridized carbons (Fsp3) is 0.211. The normalized spacial score (nSPS) is 10.7. The van der Waals surface area contributed by atoms with E-state index in [0.717, 1.165) is 11.8 Å². The molecule has 1 N–H and O–H groups in total. The van der Waals surface area contributed by atoms with Gasteiger partial charge in [0.05, 0.1) is 31.1 Å². The molecule has 0 aliphatic heterocycles. The van der Waals surface area contributed by atoms with Crippen molar-refractivity contribution in [3.63, 3.8) is 0 Å². The molecular weight excluding hydrogens is 385 g/mol. The lowest BCUT2D eigenvalue weighted by Crippen LogP contribution is -2.07.